The van der Waals surface area contributed by atoms with Gasteiger partial charge in [-0.3, -0.25) is 14.7 Å². The van der Waals surface area contributed by atoms with Gasteiger partial charge in [-0.25, -0.2) is 0 Å². The number of ether oxygens (including phenoxy) is 1. The molecule has 2 unspecified atom stereocenters. The minimum atomic E-state index is -0.148. The number of carbonyl (C=O) groups is 1. The van der Waals surface area contributed by atoms with Crippen molar-refractivity contribution in [2.75, 3.05) is 43.1 Å². The number of morpholine rings is 1. The Morgan fingerprint density at radius 3 is 2.63 bits per heavy atom. The molecule has 2 aromatic heterocycles. The number of pyridine rings is 1. The van der Waals surface area contributed by atoms with Crippen molar-refractivity contribution in [1.82, 2.24) is 19.8 Å². The number of rotatable bonds is 9. The molecule has 0 bridgehead atoms. The lowest BCUT2D eigenvalue weighted by atomic mass is 9.96. The molecular weight excluding hydrogens is 556 g/mol. The highest BCUT2D eigenvalue weighted by Crippen LogP contribution is 2.44. The molecule has 2 saturated heterocycles. The second-order valence-electron chi connectivity index (χ2n) is 11.1. The molecule has 10 heteroatoms. The number of aromatic nitrogens is 2. The van der Waals surface area contributed by atoms with Crippen LogP contribution in [0.15, 0.2) is 48.7 Å². The number of nitrogens with zero attached hydrogens (tertiary/aromatic N) is 4. The van der Waals surface area contributed by atoms with Crippen molar-refractivity contribution in [1.29, 1.82) is 0 Å². The number of aryl methyl sites for hydroxylation is 1. The Labute approximate surface area is 253 Å². The molecule has 2 atom stereocenters. The molecular formula is C31H39ClN6O2S. The Kier molecular flexibility index (Phi) is 9.28. The summed E-state index contributed by atoms with van der Waals surface area (Å²) in [5.41, 5.74) is 6.01. The number of halogens is 1. The molecule has 0 saturated carbocycles. The molecule has 2 aliphatic rings. The van der Waals surface area contributed by atoms with Crippen LogP contribution >= 0.6 is 23.8 Å². The minimum absolute atomic E-state index is 0.0767. The average molecular weight is 595 g/mol. The molecule has 1 aromatic carbocycles. The van der Waals surface area contributed by atoms with Gasteiger partial charge in [0.05, 0.1) is 41.7 Å². The zero-order valence-corrected chi connectivity index (χ0v) is 25.8. The van der Waals surface area contributed by atoms with Gasteiger partial charge in [0.1, 0.15) is 0 Å². The Morgan fingerprint density at radius 1 is 1.17 bits per heavy atom. The summed E-state index contributed by atoms with van der Waals surface area (Å²) in [6, 6.07) is 13.7. The molecule has 0 aliphatic carbocycles. The van der Waals surface area contributed by atoms with Crippen LogP contribution in [0.25, 0.3) is 0 Å². The molecule has 4 heterocycles. The van der Waals surface area contributed by atoms with E-state index in [0.717, 1.165) is 57.2 Å². The molecule has 218 valence electrons. The lowest BCUT2D eigenvalue weighted by Gasteiger charge is -2.29. The van der Waals surface area contributed by atoms with Gasteiger partial charge in [0.15, 0.2) is 5.11 Å². The van der Waals surface area contributed by atoms with Crippen molar-refractivity contribution >= 4 is 46.2 Å². The van der Waals surface area contributed by atoms with Gasteiger partial charge in [0.2, 0.25) is 5.91 Å². The number of thiocarbonyl (C=S) groups is 1. The second kappa shape index (κ2) is 12.9. The van der Waals surface area contributed by atoms with Crippen molar-refractivity contribution in [2.45, 2.75) is 52.7 Å². The van der Waals surface area contributed by atoms with Crippen LogP contribution in [-0.2, 0) is 16.1 Å². The number of nitrogens with one attached hydrogen (secondary N) is 2. The van der Waals surface area contributed by atoms with Crippen LogP contribution in [0.5, 0.6) is 0 Å². The fourth-order valence-corrected chi connectivity index (χ4v) is 6.30. The van der Waals surface area contributed by atoms with E-state index in [9.17, 15) is 4.79 Å². The summed E-state index contributed by atoms with van der Waals surface area (Å²) in [7, 11) is 0. The van der Waals surface area contributed by atoms with Gasteiger partial charge in [-0.2, -0.15) is 0 Å². The Hall–Kier alpha value is -2.98. The van der Waals surface area contributed by atoms with E-state index in [0.29, 0.717) is 15.8 Å². The van der Waals surface area contributed by atoms with Gasteiger partial charge in [-0.1, -0.05) is 31.5 Å². The zero-order valence-electron chi connectivity index (χ0n) is 24.2. The van der Waals surface area contributed by atoms with E-state index in [2.05, 4.69) is 44.9 Å². The van der Waals surface area contributed by atoms with Gasteiger partial charge in [-0.05, 0) is 74.4 Å². The van der Waals surface area contributed by atoms with Crippen molar-refractivity contribution in [2.24, 2.45) is 5.92 Å². The summed E-state index contributed by atoms with van der Waals surface area (Å²) < 4.78 is 7.92. The molecule has 2 fully saturated rings. The van der Waals surface area contributed by atoms with Crippen LogP contribution in [0.2, 0.25) is 5.02 Å². The molecule has 3 aromatic rings. The van der Waals surface area contributed by atoms with Crippen molar-refractivity contribution in [3.05, 3.63) is 76.3 Å². The molecule has 2 aliphatic heterocycles. The predicted molar refractivity (Wildman–Crippen MR) is 169 cm³/mol. The van der Waals surface area contributed by atoms with Crippen LogP contribution < -0.4 is 15.5 Å². The molecule has 2 N–H and O–H groups in total. The second-order valence-corrected chi connectivity index (χ2v) is 11.9. The average Bonchev–Trinajstić information content (AvgIpc) is 3.45. The molecule has 0 spiro atoms. The summed E-state index contributed by atoms with van der Waals surface area (Å²) >= 11 is 12.6. The first kappa shape index (κ1) is 29.5. The van der Waals surface area contributed by atoms with Crippen LogP contribution in [0.3, 0.4) is 0 Å². The fraction of sp³-hybridized carbons (Fsp3) is 0.452. The number of hydrogen-bond donors (Lipinski definition) is 2. The number of amides is 1. The van der Waals surface area contributed by atoms with Gasteiger partial charge in [-0.15, -0.1) is 0 Å². The first-order chi connectivity index (χ1) is 19.7. The Morgan fingerprint density at radius 2 is 1.95 bits per heavy atom. The van der Waals surface area contributed by atoms with Crippen LogP contribution in [0.1, 0.15) is 55.0 Å². The topological polar surface area (TPSA) is 74.7 Å². The van der Waals surface area contributed by atoms with E-state index in [1.54, 1.807) is 0 Å². The normalized spacial score (nSPS) is 19.6. The van der Waals surface area contributed by atoms with Crippen molar-refractivity contribution in [3.63, 3.8) is 0 Å². The highest BCUT2D eigenvalue weighted by atomic mass is 35.5. The third-order valence-electron chi connectivity index (χ3n) is 8.00. The number of anilines is 2. The third-order valence-corrected chi connectivity index (χ3v) is 8.63. The van der Waals surface area contributed by atoms with Gasteiger partial charge >= 0.3 is 0 Å². The number of carbonyl (C=O) groups excluding carboxylic acids is 1. The highest BCUT2D eigenvalue weighted by Gasteiger charge is 2.42. The third kappa shape index (κ3) is 6.43. The summed E-state index contributed by atoms with van der Waals surface area (Å²) in [5.74, 6) is -0.221. The maximum absolute atomic E-state index is 12.3. The molecule has 0 radical (unpaired) electrons. The lowest BCUT2D eigenvalue weighted by molar-refractivity contribution is -0.118. The summed E-state index contributed by atoms with van der Waals surface area (Å²) in [5, 5.41) is 7.54. The highest BCUT2D eigenvalue weighted by molar-refractivity contribution is 7.80. The summed E-state index contributed by atoms with van der Waals surface area (Å²) in [6.45, 7) is 13.7. The van der Waals surface area contributed by atoms with E-state index in [4.69, 9.17) is 33.5 Å². The largest absolute Gasteiger partial charge is 0.379 e. The summed E-state index contributed by atoms with van der Waals surface area (Å²) in [6.07, 6.45) is 2.89. The van der Waals surface area contributed by atoms with E-state index < -0.39 is 0 Å². The van der Waals surface area contributed by atoms with E-state index in [-0.39, 0.29) is 23.9 Å². The number of benzene rings is 1. The van der Waals surface area contributed by atoms with Crippen LogP contribution in [-0.4, -0.2) is 58.3 Å². The summed E-state index contributed by atoms with van der Waals surface area (Å²) in [4.78, 5) is 21.6. The molecule has 1 amide bonds. The Balaban J connectivity index is 1.47. The van der Waals surface area contributed by atoms with Gasteiger partial charge in [0, 0.05) is 55.4 Å². The van der Waals surface area contributed by atoms with Gasteiger partial charge < -0.3 is 24.8 Å². The lowest BCUT2D eigenvalue weighted by Crippen LogP contribution is -2.37. The van der Waals surface area contributed by atoms with Crippen molar-refractivity contribution in [3.8, 4) is 0 Å². The predicted octanol–water partition coefficient (Wildman–Crippen LogP) is 5.65. The molecule has 41 heavy (non-hydrogen) atoms. The maximum atomic E-state index is 12.3. The smallest absolute Gasteiger partial charge is 0.226 e. The zero-order chi connectivity index (χ0) is 29.1. The monoisotopic (exact) mass is 594 g/mol. The first-order valence-electron chi connectivity index (χ1n) is 14.3. The molecule has 5 rings (SSSR count). The standard InChI is InChI=1S/C31H39ClN6O2S/c1-20(2)30(39)34-26-10-9-23(19-25(26)32)38-29(28(35-31(38)41)27-8-5-6-11-33-27)24-18-21(3)37(22(24)4)13-7-12-36-14-16-40-17-15-36/h5-6,8-11,18-20,28-29H,7,12-17H2,1-4H3,(H,34,39)(H,35,41). The van der Waals surface area contributed by atoms with Gasteiger partial charge in [0.25, 0.3) is 0 Å². The minimum Gasteiger partial charge on any atom is -0.379 e. The quantitative estimate of drug-likeness (QED) is 0.310. The van der Waals surface area contributed by atoms with E-state index >= 15 is 0 Å². The SMILES string of the molecule is Cc1cc(C2C(c3ccccn3)NC(=S)N2c2ccc(NC(=O)C(C)C)c(Cl)c2)c(C)n1CCCN1CCOCC1. The number of hydrogen-bond acceptors (Lipinski definition) is 5. The van der Waals surface area contributed by atoms with Crippen molar-refractivity contribution < 1.29 is 9.53 Å². The first-order valence-corrected chi connectivity index (χ1v) is 15.1. The maximum Gasteiger partial charge on any atom is 0.226 e. The Bertz CT molecular complexity index is 1390. The van der Waals surface area contributed by atoms with E-state index in [1.807, 2.05) is 56.4 Å². The molecule has 8 nitrogen and oxygen atoms in total. The van der Waals surface area contributed by atoms with Crippen LogP contribution in [0.4, 0.5) is 11.4 Å². The van der Waals surface area contributed by atoms with Crippen LogP contribution in [0, 0.1) is 19.8 Å². The fourth-order valence-electron chi connectivity index (χ4n) is 5.73. The van der Waals surface area contributed by atoms with E-state index in [1.165, 1.54) is 17.0 Å².